The van der Waals surface area contributed by atoms with Crippen molar-refractivity contribution >= 4 is 45.1 Å². The first-order chi connectivity index (χ1) is 9.90. The second kappa shape index (κ2) is 5.92. The average Bonchev–Trinajstić information content (AvgIpc) is 2.78. The second-order valence-electron chi connectivity index (χ2n) is 4.48. The van der Waals surface area contributed by atoms with Crippen LogP contribution in [0.15, 0.2) is 6.07 Å². The van der Waals surface area contributed by atoms with Crippen molar-refractivity contribution in [1.29, 1.82) is 0 Å². The normalized spacial score (nSPS) is 10.7. The molecule has 112 valence electrons. The summed E-state index contributed by atoms with van der Waals surface area (Å²) in [5, 5.41) is 0.730. The first-order valence-corrected chi connectivity index (χ1v) is 7.09. The molecule has 8 nitrogen and oxygen atoms in total. The van der Waals surface area contributed by atoms with Crippen molar-refractivity contribution in [2.45, 2.75) is 13.3 Å². The molecule has 0 aliphatic heterocycles. The van der Waals surface area contributed by atoms with Gasteiger partial charge in [0, 0.05) is 4.88 Å². The molecule has 0 spiro atoms. The second-order valence-corrected chi connectivity index (χ2v) is 5.59. The van der Waals surface area contributed by atoms with Crippen molar-refractivity contribution in [1.82, 2.24) is 9.97 Å². The largest absolute Gasteiger partial charge is 0.368 e. The molecule has 9 heteroatoms. The van der Waals surface area contributed by atoms with E-state index in [0.717, 1.165) is 16.7 Å². The Labute approximate surface area is 124 Å². The number of hydrogen-bond acceptors (Lipinski definition) is 7. The number of nitrogens with zero attached hydrogens (tertiary/aromatic N) is 3. The quantitative estimate of drug-likeness (QED) is 0.663. The van der Waals surface area contributed by atoms with Crippen LogP contribution in [0.2, 0.25) is 0 Å². The van der Waals surface area contributed by atoms with E-state index in [1.54, 1.807) is 0 Å². The summed E-state index contributed by atoms with van der Waals surface area (Å²) in [6.07, 6.45) is 0.839. The lowest BCUT2D eigenvalue weighted by atomic mass is 10.3. The first-order valence-electron chi connectivity index (χ1n) is 6.28. The van der Waals surface area contributed by atoms with Crippen LogP contribution in [0.3, 0.4) is 0 Å². The molecule has 0 aliphatic rings. The van der Waals surface area contributed by atoms with Crippen molar-refractivity contribution in [3.8, 4) is 0 Å². The van der Waals surface area contributed by atoms with Gasteiger partial charge in [0.2, 0.25) is 17.8 Å². The third-order valence-electron chi connectivity index (χ3n) is 2.78. The minimum absolute atomic E-state index is 0.0703. The van der Waals surface area contributed by atoms with Gasteiger partial charge in [0.15, 0.2) is 0 Å². The predicted octanol–water partition coefficient (Wildman–Crippen LogP) is -0.387. The van der Waals surface area contributed by atoms with Crippen LogP contribution < -0.4 is 22.1 Å². The lowest BCUT2D eigenvalue weighted by molar-refractivity contribution is -0.117. The molecule has 6 N–H and O–H groups in total. The Morgan fingerprint density at radius 1 is 1.24 bits per heavy atom. The minimum Gasteiger partial charge on any atom is -0.368 e. The highest BCUT2D eigenvalue weighted by molar-refractivity contribution is 7.18. The number of amides is 2. The fourth-order valence-electron chi connectivity index (χ4n) is 1.97. The standard InChI is InChI=1S/C12H16N6O2S/c1-2-6-3-7-10(16-12(15)17-11(7)21-6)18(4-8(13)19)5-9(14)20/h3H,2,4-5H2,1H3,(H2,13,19)(H2,14,20)(H2,15,16,17). The molecule has 0 fully saturated rings. The number of anilines is 2. The Morgan fingerprint density at radius 2 is 1.86 bits per heavy atom. The predicted molar refractivity (Wildman–Crippen MR) is 81.8 cm³/mol. The summed E-state index contributed by atoms with van der Waals surface area (Å²) in [5.41, 5.74) is 16.1. The maximum Gasteiger partial charge on any atom is 0.237 e. The Hall–Kier alpha value is -2.42. The van der Waals surface area contributed by atoms with Crippen LogP contribution in [0.4, 0.5) is 11.8 Å². The molecular formula is C12H16N6O2S. The van der Waals surface area contributed by atoms with Gasteiger partial charge in [0.1, 0.15) is 10.6 Å². The molecule has 2 amide bonds. The van der Waals surface area contributed by atoms with Crippen LogP contribution in [0, 0.1) is 0 Å². The van der Waals surface area contributed by atoms with E-state index >= 15 is 0 Å². The van der Waals surface area contributed by atoms with Gasteiger partial charge in [0.05, 0.1) is 18.5 Å². The summed E-state index contributed by atoms with van der Waals surface area (Å²) in [6.45, 7) is 1.67. The molecule has 0 unspecified atom stereocenters. The molecule has 21 heavy (non-hydrogen) atoms. The molecule has 0 saturated carbocycles. The lowest BCUT2D eigenvalue weighted by Crippen LogP contribution is -2.40. The SMILES string of the molecule is CCc1cc2c(N(CC(N)=O)CC(N)=O)nc(N)nc2s1. The average molecular weight is 308 g/mol. The number of rotatable bonds is 6. The van der Waals surface area contributed by atoms with E-state index in [4.69, 9.17) is 17.2 Å². The summed E-state index contributed by atoms with van der Waals surface area (Å²) in [5.74, 6) is -0.716. The van der Waals surface area contributed by atoms with Crippen LogP contribution in [0.1, 0.15) is 11.8 Å². The zero-order valence-corrected chi connectivity index (χ0v) is 12.3. The number of primary amides is 2. The van der Waals surface area contributed by atoms with E-state index in [2.05, 4.69) is 9.97 Å². The minimum atomic E-state index is -0.590. The van der Waals surface area contributed by atoms with E-state index in [9.17, 15) is 9.59 Å². The van der Waals surface area contributed by atoms with Crippen LogP contribution in [-0.2, 0) is 16.0 Å². The van der Waals surface area contributed by atoms with Crippen LogP contribution in [0.25, 0.3) is 10.2 Å². The molecule has 0 bridgehead atoms. The van der Waals surface area contributed by atoms with Crippen molar-refractivity contribution in [3.63, 3.8) is 0 Å². The number of aromatic nitrogens is 2. The Bertz CT molecular complexity index is 682. The van der Waals surface area contributed by atoms with Crippen LogP contribution >= 0.6 is 11.3 Å². The number of nitrogens with two attached hydrogens (primary N) is 3. The fourth-order valence-corrected chi connectivity index (χ4v) is 2.94. The van der Waals surface area contributed by atoms with Gasteiger partial charge in [-0.1, -0.05) is 6.92 Å². The first kappa shape index (κ1) is 15.0. The van der Waals surface area contributed by atoms with Crippen molar-refractivity contribution in [2.75, 3.05) is 23.7 Å². The third-order valence-corrected chi connectivity index (χ3v) is 3.96. The summed E-state index contributed by atoms with van der Waals surface area (Å²) in [4.78, 5) is 33.9. The number of carbonyl (C=O) groups is 2. The Kier molecular flexibility index (Phi) is 4.22. The van der Waals surface area contributed by atoms with Gasteiger partial charge >= 0.3 is 0 Å². The number of nitrogen functional groups attached to an aromatic ring is 1. The summed E-state index contributed by atoms with van der Waals surface area (Å²) < 4.78 is 0. The summed E-state index contributed by atoms with van der Waals surface area (Å²) in [7, 11) is 0. The zero-order valence-electron chi connectivity index (χ0n) is 11.5. The maximum atomic E-state index is 11.2. The highest BCUT2D eigenvalue weighted by atomic mass is 32.1. The van der Waals surface area contributed by atoms with Gasteiger partial charge in [0.25, 0.3) is 0 Å². The molecule has 0 radical (unpaired) electrons. The topological polar surface area (TPSA) is 141 Å². The highest BCUT2D eigenvalue weighted by Gasteiger charge is 2.19. The van der Waals surface area contributed by atoms with Gasteiger partial charge in [-0.3, -0.25) is 9.59 Å². The van der Waals surface area contributed by atoms with Gasteiger partial charge < -0.3 is 22.1 Å². The van der Waals surface area contributed by atoms with Crippen LogP contribution in [-0.4, -0.2) is 34.9 Å². The maximum absolute atomic E-state index is 11.2. The summed E-state index contributed by atoms with van der Waals surface area (Å²) >= 11 is 1.49. The third kappa shape index (κ3) is 3.37. The molecule has 0 saturated heterocycles. The summed E-state index contributed by atoms with van der Waals surface area (Å²) in [6, 6.07) is 1.92. The number of fused-ring (bicyclic) bond motifs is 1. The lowest BCUT2D eigenvalue weighted by Gasteiger charge is -2.21. The van der Waals surface area contributed by atoms with E-state index in [-0.39, 0.29) is 19.0 Å². The van der Waals surface area contributed by atoms with Gasteiger partial charge in [-0.2, -0.15) is 4.98 Å². The van der Waals surface area contributed by atoms with E-state index in [1.807, 2.05) is 13.0 Å². The molecule has 0 aromatic carbocycles. The monoisotopic (exact) mass is 308 g/mol. The molecule has 0 atom stereocenters. The van der Waals surface area contributed by atoms with Crippen molar-refractivity contribution in [3.05, 3.63) is 10.9 Å². The number of aryl methyl sites for hydroxylation is 1. The number of thiophene rings is 1. The molecular weight excluding hydrogens is 292 g/mol. The van der Waals surface area contributed by atoms with Crippen molar-refractivity contribution < 1.29 is 9.59 Å². The van der Waals surface area contributed by atoms with Gasteiger partial charge in [-0.25, -0.2) is 4.98 Å². The Balaban J connectivity index is 2.56. The van der Waals surface area contributed by atoms with E-state index in [0.29, 0.717) is 10.6 Å². The van der Waals surface area contributed by atoms with Crippen molar-refractivity contribution in [2.24, 2.45) is 11.5 Å². The molecule has 2 heterocycles. The Morgan fingerprint density at radius 3 is 2.38 bits per heavy atom. The highest BCUT2D eigenvalue weighted by Crippen LogP contribution is 2.31. The number of hydrogen-bond donors (Lipinski definition) is 3. The smallest absolute Gasteiger partial charge is 0.237 e. The molecule has 2 rings (SSSR count). The van der Waals surface area contributed by atoms with Gasteiger partial charge in [-0.05, 0) is 12.5 Å². The fraction of sp³-hybridized carbons (Fsp3) is 0.333. The zero-order chi connectivity index (χ0) is 15.6. The van der Waals surface area contributed by atoms with E-state index < -0.39 is 11.8 Å². The van der Waals surface area contributed by atoms with Crippen LogP contribution in [0.5, 0.6) is 0 Å². The van der Waals surface area contributed by atoms with E-state index in [1.165, 1.54) is 16.2 Å². The number of carbonyl (C=O) groups excluding carboxylic acids is 2. The molecule has 2 aromatic rings. The van der Waals surface area contributed by atoms with Gasteiger partial charge in [-0.15, -0.1) is 11.3 Å². The molecule has 0 aliphatic carbocycles. The molecule has 2 aromatic heterocycles.